The Hall–Kier alpha value is -2.73. The van der Waals surface area contributed by atoms with Gasteiger partial charge in [0.15, 0.2) is 5.82 Å². The van der Waals surface area contributed by atoms with Crippen LogP contribution in [0, 0.1) is 0 Å². The van der Waals surface area contributed by atoms with Crippen LogP contribution in [0.3, 0.4) is 0 Å². The summed E-state index contributed by atoms with van der Waals surface area (Å²) in [6.07, 6.45) is 12.2. The second-order valence-electron chi connectivity index (χ2n) is 9.31. The summed E-state index contributed by atoms with van der Waals surface area (Å²) < 4.78 is 18.1. The van der Waals surface area contributed by atoms with E-state index in [-0.39, 0.29) is 0 Å². The lowest BCUT2D eigenvalue weighted by Gasteiger charge is -2.17. The van der Waals surface area contributed by atoms with Crippen LogP contribution in [0.25, 0.3) is 21.7 Å². The highest BCUT2D eigenvalue weighted by Crippen LogP contribution is 2.30. The van der Waals surface area contributed by atoms with Crippen molar-refractivity contribution in [2.24, 2.45) is 7.05 Å². The van der Waals surface area contributed by atoms with E-state index >= 15 is 0 Å². The number of hydrogen-bond acceptors (Lipinski definition) is 4. The molecule has 1 aliphatic carbocycles. The molecule has 0 saturated heterocycles. The van der Waals surface area contributed by atoms with Crippen LogP contribution in [-0.2, 0) is 20.0 Å². The second kappa shape index (κ2) is 10.7. The van der Waals surface area contributed by atoms with Crippen LogP contribution >= 0.6 is 11.3 Å². The van der Waals surface area contributed by atoms with Gasteiger partial charge in [0.05, 0.1) is 34.3 Å². The summed E-state index contributed by atoms with van der Waals surface area (Å²) >= 11 is 1.78. The normalized spacial score (nSPS) is 15.0. The Morgan fingerprint density at radius 3 is 2.53 bits per heavy atom. The van der Waals surface area contributed by atoms with Crippen molar-refractivity contribution in [3.8, 4) is 23.0 Å². The van der Waals surface area contributed by atoms with E-state index in [0.29, 0.717) is 12.7 Å². The van der Waals surface area contributed by atoms with Crippen LogP contribution in [-0.4, -0.2) is 26.8 Å². The molecule has 0 spiro atoms. The van der Waals surface area contributed by atoms with E-state index in [1.54, 1.807) is 11.3 Å². The molecule has 1 aliphatic rings. The Morgan fingerprint density at radius 1 is 1.03 bits per heavy atom. The van der Waals surface area contributed by atoms with E-state index in [0.717, 1.165) is 48.1 Å². The maximum Gasteiger partial charge on any atom is 0.157 e. The summed E-state index contributed by atoms with van der Waals surface area (Å²) in [5, 5.41) is 2.14. The molecule has 4 aromatic rings. The fraction of sp³-hybridized carbons (Fsp3) is 0.464. The van der Waals surface area contributed by atoms with Gasteiger partial charge < -0.3 is 18.6 Å². The molecular formula is C28H35N3O2S. The predicted octanol–water partition coefficient (Wildman–Crippen LogP) is 7.24. The summed E-state index contributed by atoms with van der Waals surface area (Å²) in [6, 6.07) is 12.6. The summed E-state index contributed by atoms with van der Waals surface area (Å²) in [7, 11) is 2.12. The van der Waals surface area contributed by atoms with Crippen LogP contribution in [0.15, 0.2) is 48.0 Å². The summed E-state index contributed by atoms with van der Waals surface area (Å²) in [4.78, 5) is 4.98. The number of fused-ring (bicyclic) bond motifs is 1. The van der Waals surface area contributed by atoms with Crippen molar-refractivity contribution in [2.45, 2.75) is 70.9 Å². The molecule has 0 aliphatic heterocycles. The molecule has 0 radical (unpaired) electrons. The standard InChI is InChI=1S/C28H35N3O2S/c1-3-8-21-20-31(28(29-21)26-19-27-25(30(26)2)15-18-34-27)16-17-32-22-11-13-24(14-12-22)33-23-9-6-4-5-7-10-23/h11-15,18-20,23H,3-10,16-17H2,1-2H3. The van der Waals surface area contributed by atoms with Crippen LogP contribution < -0.4 is 9.47 Å². The SMILES string of the molecule is CCCc1cn(CCOc2ccc(OC3CCCCCC3)cc2)c(-c2cc3sccc3n2C)n1. The first-order valence-corrected chi connectivity index (χ1v) is 13.6. The van der Waals surface area contributed by atoms with E-state index in [1.165, 1.54) is 48.7 Å². The molecule has 0 amide bonds. The number of nitrogens with zero attached hydrogens (tertiary/aromatic N) is 3. The van der Waals surface area contributed by atoms with Gasteiger partial charge in [-0.25, -0.2) is 4.98 Å². The predicted molar refractivity (Wildman–Crippen MR) is 140 cm³/mol. The van der Waals surface area contributed by atoms with Crippen molar-refractivity contribution in [2.75, 3.05) is 6.61 Å². The molecule has 6 heteroatoms. The lowest BCUT2D eigenvalue weighted by molar-refractivity contribution is 0.183. The smallest absolute Gasteiger partial charge is 0.157 e. The van der Waals surface area contributed by atoms with Crippen molar-refractivity contribution in [1.29, 1.82) is 0 Å². The number of aromatic nitrogens is 3. The molecule has 0 N–H and O–H groups in total. The zero-order valence-corrected chi connectivity index (χ0v) is 21.2. The molecule has 5 nitrogen and oxygen atoms in total. The van der Waals surface area contributed by atoms with E-state index in [1.807, 2.05) is 24.3 Å². The number of rotatable bonds is 9. The van der Waals surface area contributed by atoms with Crippen LogP contribution in [0.2, 0.25) is 0 Å². The number of hydrogen-bond donors (Lipinski definition) is 0. The summed E-state index contributed by atoms with van der Waals surface area (Å²) in [5.41, 5.74) is 3.56. The molecular weight excluding hydrogens is 442 g/mol. The Bertz CT molecular complexity index is 1200. The van der Waals surface area contributed by atoms with Gasteiger partial charge in [-0.05, 0) is 73.9 Å². The average molecular weight is 478 g/mol. The summed E-state index contributed by atoms with van der Waals surface area (Å²) in [5.74, 6) is 2.84. The summed E-state index contributed by atoms with van der Waals surface area (Å²) in [6.45, 7) is 3.55. The number of imidazole rings is 1. The van der Waals surface area contributed by atoms with Gasteiger partial charge in [-0.3, -0.25) is 0 Å². The molecule has 3 heterocycles. The van der Waals surface area contributed by atoms with Crippen molar-refractivity contribution >= 4 is 21.6 Å². The Balaban J connectivity index is 1.23. The zero-order valence-electron chi connectivity index (χ0n) is 20.3. The Kier molecular flexibility index (Phi) is 7.24. The van der Waals surface area contributed by atoms with Crippen molar-refractivity contribution < 1.29 is 9.47 Å². The van der Waals surface area contributed by atoms with Gasteiger partial charge in [0.2, 0.25) is 0 Å². The fourth-order valence-corrected chi connectivity index (χ4v) is 5.76. The van der Waals surface area contributed by atoms with Crippen LogP contribution in [0.5, 0.6) is 11.5 Å². The number of thiophene rings is 1. The third kappa shape index (κ3) is 5.17. The Morgan fingerprint density at radius 2 is 1.79 bits per heavy atom. The topological polar surface area (TPSA) is 41.2 Å². The van der Waals surface area contributed by atoms with Gasteiger partial charge in [-0.15, -0.1) is 11.3 Å². The molecule has 34 heavy (non-hydrogen) atoms. The molecule has 3 aromatic heterocycles. The third-order valence-corrected chi connectivity index (χ3v) is 7.61. The maximum absolute atomic E-state index is 6.21. The van der Waals surface area contributed by atoms with Crippen molar-refractivity contribution in [3.05, 3.63) is 53.7 Å². The molecule has 5 rings (SSSR count). The lowest BCUT2D eigenvalue weighted by Crippen LogP contribution is -2.15. The minimum Gasteiger partial charge on any atom is -0.492 e. The minimum absolute atomic E-state index is 0.360. The first-order chi connectivity index (χ1) is 16.7. The zero-order chi connectivity index (χ0) is 23.3. The monoisotopic (exact) mass is 477 g/mol. The van der Waals surface area contributed by atoms with Gasteiger partial charge in [-0.1, -0.05) is 26.2 Å². The molecule has 180 valence electrons. The third-order valence-electron chi connectivity index (χ3n) is 6.76. The van der Waals surface area contributed by atoms with Gasteiger partial charge in [0.1, 0.15) is 18.1 Å². The first kappa shape index (κ1) is 23.0. The largest absolute Gasteiger partial charge is 0.492 e. The highest BCUT2D eigenvalue weighted by molar-refractivity contribution is 7.17. The number of ether oxygens (including phenoxy) is 2. The minimum atomic E-state index is 0.360. The average Bonchev–Trinajstić information content (AvgIpc) is 3.47. The molecule has 0 bridgehead atoms. The second-order valence-corrected chi connectivity index (χ2v) is 10.3. The van der Waals surface area contributed by atoms with Crippen molar-refractivity contribution in [1.82, 2.24) is 14.1 Å². The van der Waals surface area contributed by atoms with Gasteiger partial charge >= 0.3 is 0 Å². The molecule has 1 fully saturated rings. The van der Waals surface area contributed by atoms with E-state index in [9.17, 15) is 0 Å². The highest BCUT2D eigenvalue weighted by atomic mass is 32.1. The van der Waals surface area contributed by atoms with E-state index < -0.39 is 0 Å². The maximum atomic E-state index is 6.21. The molecule has 0 unspecified atom stereocenters. The van der Waals surface area contributed by atoms with E-state index in [2.05, 4.69) is 46.8 Å². The van der Waals surface area contributed by atoms with Crippen LogP contribution in [0.1, 0.15) is 57.6 Å². The Labute approximate surface area is 206 Å². The highest BCUT2D eigenvalue weighted by Gasteiger charge is 2.16. The van der Waals surface area contributed by atoms with E-state index in [4.69, 9.17) is 14.5 Å². The molecule has 1 aromatic carbocycles. The molecule has 0 atom stereocenters. The van der Waals surface area contributed by atoms with Gasteiger partial charge in [0.25, 0.3) is 0 Å². The van der Waals surface area contributed by atoms with Gasteiger partial charge in [0, 0.05) is 13.2 Å². The van der Waals surface area contributed by atoms with Crippen LogP contribution in [0.4, 0.5) is 0 Å². The first-order valence-electron chi connectivity index (χ1n) is 12.7. The fourth-order valence-electron chi connectivity index (χ4n) is 4.91. The van der Waals surface area contributed by atoms with Crippen molar-refractivity contribution in [3.63, 3.8) is 0 Å². The number of benzene rings is 1. The number of aryl methyl sites for hydroxylation is 2. The lowest BCUT2D eigenvalue weighted by atomic mass is 10.1. The quantitative estimate of drug-likeness (QED) is 0.239. The van der Waals surface area contributed by atoms with Gasteiger partial charge in [-0.2, -0.15) is 0 Å². The molecule has 1 saturated carbocycles.